The van der Waals surface area contributed by atoms with Crippen LogP contribution < -0.4 is 0 Å². The van der Waals surface area contributed by atoms with E-state index in [4.69, 9.17) is 4.98 Å². The average molecular weight is 675 g/mol. The smallest absolute Gasteiger partial charge is 0.145 e. The van der Waals surface area contributed by atoms with Crippen molar-refractivity contribution in [1.29, 1.82) is 0 Å². The minimum absolute atomic E-state index is 0.925. The summed E-state index contributed by atoms with van der Waals surface area (Å²) in [6, 6.07) is 74.0. The first-order chi connectivity index (χ1) is 26.3. The van der Waals surface area contributed by atoms with Crippen molar-refractivity contribution in [1.82, 2.24) is 9.55 Å². The maximum atomic E-state index is 5.16. The predicted molar refractivity (Wildman–Crippen MR) is 223 cm³/mol. The lowest BCUT2D eigenvalue weighted by atomic mass is 9.85. The summed E-state index contributed by atoms with van der Waals surface area (Å²) >= 11 is 0. The molecule has 2 nitrogen and oxygen atoms in total. The third-order valence-electron chi connectivity index (χ3n) is 10.4. The fraction of sp³-hybridized carbons (Fsp3) is 0. The molecule has 53 heavy (non-hydrogen) atoms. The second-order valence-electron chi connectivity index (χ2n) is 13.5. The standard InChI is InChI=1S/C51H34N2/c1-4-14-35(15-5-1)36-28-31-42(32-29-36)53-48-23-13-12-22-47(48)52-51(53)40-26-24-37(25-27-40)41-30-33-45-46(34-41)50(39-18-8-3-9-19-39)44-21-11-10-20-43(44)49(45)38-16-6-2-7-17-38/h1-34H. The molecular formula is C51H34N2. The molecule has 0 amide bonds. The third-order valence-corrected chi connectivity index (χ3v) is 10.4. The van der Waals surface area contributed by atoms with E-state index in [1.165, 1.54) is 66.1 Å². The zero-order valence-electron chi connectivity index (χ0n) is 29.0. The molecule has 2 heteroatoms. The van der Waals surface area contributed by atoms with Crippen LogP contribution in [-0.4, -0.2) is 9.55 Å². The minimum Gasteiger partial charge on any atom is -0.292 e. The molecule has 0 spiro atoms. The van der Waals surface area contributed by atoms with Gasteiger partial charge in [-0.25, -0.2) is 4.98 Å². The molecule has 0 aliphatic carbocycles. The molecule has 0 saturated heterocycles. The summed E-state index contributed by atoms with van der Waals surface area (Å²) in [5, 5.41) is 5.02. The van der Waals surface area contributed by atoms with E-state index < -0.39 is 0 Å². The van der Waals surface area contributed by atoms with Gasteiger partial charge in [0, 0.05) is 11.3 Å². The van der Waals surface area contributed by atoms with Gasteiger partial charge in [-0.3, -0.25) is 4.57 Å². The molecule has 0 radical (unpaired) electrons. The van der Waals surface area contributed by atoms with Crippen molar-refractivity contribution in [2.75, 3.05) is 0 Å². The van der Waals surface area contributed by atoms with Crippen molar-refractivity contribution in [2.45, 2.75) is 0 Å². The van der Waals surface area contributed by atoms with Crippen molar-refractivity contribution in [2.24, 2.45) is 0 Å². The van der Waals surface area contributed by atoms with Crippen LogP contribution in [0, 0.1) is 0 Å². The zero-order chi connectivity index (χ0) is 35.1. The van der Waals surface area contributed by atoms with Gasteiger partial charge < -0.3 is 0 Å². The summed E-state index contributed by atoms with van der Waals surface area (Å²) in [6.07, 6.45) is 0. The van der Waals surface area contributed by atoms with Crippen LogP contribution in [0.3, 0.4) is 0 Å². The lowest BCUT2D eigenvalue weighted by Crippen LogP contribution is -1.97. The summed E-state index contributed by atoms with van der Waals surface area (Å²) in [7, 11) is 0. The highest BCUT2D eigenvalue weighted by atomic mass is 15.1. The summed E-state index contributed by atoms with van der Waals surface area (Å²) in [5.41, 5.74) is 13.9. The van der Waals surface area contributed by atoms with Gasteiger partial charge in [-0.05, 0) is 96.4 Å². The van der Waals surface area contributed by atoms with E-state index >= 15 is 0 Å². The molecule has 1 aromatic heterocycles. The Morgan fingerprint density at radius 1 is 0.302 bits per heavy atom. The van der Waals surface area contributed by atoms with Crippen molar-refractivity contribution < 1.29 is 0 Å². The first-order valence-corrected chi connectivity index (χ1v) is 18.1. The molecule has 1 heterocycles. The Labute approximate surface area is 308 Å². The number of nitrogens with zero attached hydrogens (tertiary/aromatic N) is 2. The molecule has 0 atom stereocenters. The number of hydrogen-bond donors (Lipinski definition) is 0. The Balaban J connectivity index is 1.11. The lowest BCUT2D eigenvalue weighted by molar-refractivity contribution is 1.10. The monoisotopic (exact) mass is 674 g/mol. The SMILES string of the molecule is c1ccc(-c2ccc(-n3c(-c4ccc(-c5ccc6c(-c7ccccc7)c7ccccc7c(-c7ccccc7)c6c5)cc4)nc4ccccc43)cc2)cc1. The second kappa shape index (κ2) is 12.9. The lowest BCUT2D eigenvalue weighted by Gasteiger charge is -2.18. The molecule has 0 saturated carbocycles. The van der Waals surface area contributed by atoms with Crippen molar-refractivity contribution in [3.63, 3.8) is 0 Å². The van der Waals surface area contributed by atoms with Gasteiger partial charge in [0.1, 0.15) is 5.82 Å². The van der Waals surface area contributed by atoms with Crippen LogP contribution in [0.25, 0.3) is 94.2 Å². The Bertz CT molecular complexity index is 2890. The van der Waals surface area contributed by atoms with Crippen LogP contribution >= 0.6 is 0 Å². The number of para-hydroxylation sites is 2. The molecule has 0 fully saturated rings. The normalized spacial score (nSPS) is 11.4. The van der Waals surface area contributed by atoms with E-state index in [-0.39, 0.29) is 0 Å². The first kappa shape index (κ1) is 30.8. The molecule has 0 aliphatic rings. The van der Waals surface area contributed by atoms with Gasteiger partial charge in [0.15, 0.2) is 0 Å². The van der Waals surface area contributed by atoms with Crippen molar-refractivity contribution >= 4 is 32.6 Å². The van der Waals surface area contributed by atoms with Gasteiger partial charge in [-0.2, -0.15) is 0 Å². The maximum absolute atomic E-state index is 5.16. The van der Waals surface area contributed by atoms with Crippen LogP contribution in [0.15, 0.2) is 206 Å². The highest BCUT2D eigenvalue weighted by Gasteiger charge is 2.18. The van der Waals surface area contributed by atoms with Crippen LogP contribution in [0.4, 0.5) is 0 Å². The fourth-order valence-corrected chi connectivity index (χ4v) is 7.92. The number of hydrogen-bond acceptors (Lipinski definition) is 1. The Hall–Kier alpha value is -7.03. The van der Waals surface area contributed by atoms with Crippen molar-refractivity contribution in [3.8, 4) is 61.6 Å². The number of imidazole rings is 1. The molecule has 0 unspecified atom stereocenters. The summed E-state index contributed by atoms with van der Waals surface area (Å²) < 4.78 is 2.28. The topological polar surface area (TPSA) is 17.8 Å². The minimum atomic E-state index is 0.925. The third kappa shape index (κ3) is 5.40. The van der Waals surface area contributed by atoms with Crippen LogP contribution in [0.1, 0.15) is 0 Å². The Kier molecular flexibility index (Phi) is 7.51. The molecule has 248 valence electrons. The van der Waals surface area contributed by atoms with Gasteiger partial charge in [-0.15, -0.1) is 0 Å². The largest absolute Gasteiger partial charge is 0.292 e. The molecule has 0 N–H and O–H groups in total. The van der Waals surface area contributed by atoms with E-state index in [1.807, 2.05) is 0 Å². The summed E-state index contributed by atoms with van der Waals surface area (Å²) in [5.74, 6) is 0.925. The summed E-state index contributed by atoms with van der Waals surface area (Å²) in [4.78, 5) is 5.16. The number of fused-ring (bicyclic) bond motifs is 3. The molecule has 10 rings (SSSR count). The maximum Gasteiger partial charge on any atom is 0.145 e. The van der Waals surface area contributed by atoms with Crippen LogP contribution in [0.5, 0.6) is 0 Å². The quantitative estimate of drug-likeness (QED) is 0.161. The van der Waals surface area contributed by atoms with E-state index in [0.29, 0.717) is 0 Å². The Morgan fingerprint density at radius 2 is 0.736 bits per heavy atom. The number of aromatic nitrogens is 2. The molecule has 9 aromatic carbocycles. The van der Waals surface area contributed by atoms with Crippen molar-refractivity contribution in [3.05, 3.63) is 206 Å². The van der Waals surface area contributed by atoms with E-state index in [1.54, 1.807) is 0 Å². The average Bonchev–Trinajstić information content (AvgIpc) is 3.63. The molecule has 0 bridgehead atoms. The molecular weight excluding hydrogens is 641 g/mol. The van der Waals surface area contributed by atoms with Gasteiger partial charge in [0.25, 0.3) is 0 Å². The van der Waals surface area contributed by atoms with E-state index in [9.17, 15) is 0 Å². The number of benzene rings is 9. The van der Waals surface area contributed by atoms with Crippen LogP contribution in [0.2, 0.25) is 0 Å². The van der Waals surface area contributed by atoms with Gasteiger partial charge in [0.05, 0.1) is 11.0 Å². The van der Waals surface area contributed by atoms with E-state index in [2.05, 4.69) is 211 Å². The van der Waals surface area contributed by atoms with Gasteiger partial charge >= 0.3 is 0 Å². The fourth-order valence-electron chi connectivity index (χ4n) is 7.92. The molecule has 0 aliphatic heterocycles. The molecule has 10 aromatic rings. The predicted octanol–water partition coefficient (Wildman–Crippen LogP) is 13.7. The Morgan fingerprint density at radius 3 is 1.38 bits per heavy atom. The van der Waals surface area contributed by atoms with Gasteiger partial charge in [-0.1, -0.05) is 176 Å². The highest BCUT2D eigenvalue weighted by molar-refractivity contribution is 6.22. The number of rotatable bonds is 6. The summed E-state index contributed by atoms with van der Waals surface area (Å²) in [6.45, 7) is 0. The van der Waals surface area contributed by atoms with E-state index in [0.717, 1.165) is 28.1 Å². The van der Waals surface area contributed by atoms with Crippen LogP contribution in [-0.2, 0) is 0 Å². The first-order valence-electron chi connectivity index (χ1n) is 18.1. The zero-order valence-corrected chi connectivity index (χ0v) is 29.0. The second-order valence-corrected chi connectivity index (χ2v) is 13.5. The highest BCUT2D eigenvalue weighted by Crippen LogP contribution is 2.45. The van der Waals surface area contributed by atoms with Gasteiger partial charge in [0.2, 0.25) is 0 Å².